The maximum atomic E-state index is 10.6. The summed E-state index contributed by atoms with van der Waals surface area (Å²) in [4.78, 5) is 10.6. The van der Waals surface area contributed by atoms with Gasteiger partial charge in [0.15, 0.2) is 11.5 Å². The summed E-state index contributed by atoms with van der Waals surface area (Å²) in [6.45, 7) is 0. The number of aliphatic hydroxyl groups excluding tert-OH is 1. The van der Waals surface area contributed by atoms with E-state index in [1.165, 1.54) is 33.5 Å². The van der Waals surface area contributed by atoms with Gasteiger partial charge >= 0.3 is 29.6 Å². The Morgan fingerprint density at radius 1 is 1.17 bits per heavy atom. The molecule has 6 nitrogen and oxygen atoms in total. The Kier molecular flexibility index (Phi) is 7.08. The Morgan fingerprint density at radius 3 is 1.89 bits per heavy atom. The molecule has 0 heterocycles. The standard InChI is InChI=1S/C11H14O6.Na/c1-15-7-4-6(9(12)11(13)14)5-8(16-2)10(7)17-3;/h4-5,9,12H,1-3H3,(H,13,14);/q;+1/p-1. The minimum Gasteiger partial charge on any atom is -0.547 e. The quantitative estimate of drug-likeness (QED) is 0.555. The molecule has 0 aliphatic carbocycles. The second-order valence-corrected chi connectivity index (χ2v) is 3.18. The summed E-state index contributed by atoms with van der Waals surface area (Å²) in [7, 11) is 4.22. The molecule has 1 rings (SSSR count). The number of aliphatic hydroxyl groups is 1. The van der Waals surface area contributed by atoms with Gasteiger partial charge in [-0.25, -0.2) is 0 Å². The molecule has 0 radical (unpaired) electrons. The van der Waals surface area contributed by atoms with Crippen molar-refractivity contribution in [2.45, 2.75) is 6.10 Å². The van der Waals surface area contributed by atoms with E-state index in [0.717, 1.165) is 0 Å². The van der Waals surface area contributed by atoms with Crippen molar-refractivity contribution in [3.05, 3.63) is 17.7 Å². The van der Waals surface area contributed by atoms with Crippen LogP contribution in [0.25, 0.3) is 0 Å². The number of hydrogen-bond donors (Lipinski definition) is 1. The minimum atomic E-state index is -1.75. The molecule has 7 heteroatoms. The molecular weight excluding hydrogens is 251 g/mol. The average Bonchev–Trinajstić information content (AvgIpc) is 2.35. The van der Waals surface area contributed by atoms with Gasteiger partial charge in [-0.2, -0.15) is 0 Å². The Labute approximate surface area is 127 Å². The Bertz CT molecular complexity index is 395. The molecule has 0 saturated carbocycles. The molecule has 1 unspecified atom stereocenters. The summed E-state index contributed by atoms with van der Waals surface area (Å²) in [6.07, 6.45) is -1.75. The molecule has 94 valence electrons. The number of aliphatic carboxylic acids is 1. The van der Waals surface area contributed by atoms with E-state index < -0.39 is 12.1 Å². The van der Waals surface area contributed by atoms with Crippen LogP contribution in [-0.2, 0) is 4.79 Å². The topological polar surface area (TPSA) is 88.1 Å². The number of carboxylic acid groups (broad SMARTS) is 1. The second-order valence-electron chi connectivity index (χ2n) is 3.18. The molecule has 0 aromatic heterocycles. The van der Waals surface area contributed by atoms with Crippen molar-refractivity contribution in [1.82, 2.24) is 0 Å². The van der Waals surface area contributed by atoms with Crippen molar-refractivity contribution < 1.29 is 58.8 Å². The first-order valence-electron chi connectivity index (χ1n) is 4.74. The zero-order chi connectivity index (χ0) is 13.0. The number of rotatable bonds is 5. The van der Waals surface area contributed by atoms with Gasteiger partial charge in [0.05, 0.1) is 27.3 Å². The van der Waals surface area contributed by atoms with Gasteiger partial charge in [0, 0.05) is 0 Å². The molecular formula is C11H13NaO6. The van der Waals surface area contributed by atoms with Crippen molar-refractivity contribution in [1.29, 1.82) is 0 Å². The Morgan fingerprint density at radius 2 is 1.61 bits per heavy atom. The Balaban J connectivity index is 0.00000289. The largest absolute Gasteiger partial charge is 1.00 e. The molecule has 18 heavy (non-hydrogen) atoms. The monoisotopic (exact) mass is 264 g/mol. The normalized spacial score (nSPS) is 11.1. The van der Waals surface area contributed by atoms with Gasteiger partial charge in [-0.3, -0.25) is 0 Å². The maximum absolute atomic E-state index is 10.6. The molecule has 0 aliphatic heterocycles. The van der Waals surface area contributed by atoms with E-state index in [2.05, 4.69) is 0 Å². The number of methoxy groups -OCH3 is 3. The first-order chi connectivity index (χ1) is 8.04. The summed E-state index contributed by atoms with van der Waals surface area (Å²) in [5.41, 5.74) is 0.0968. The van der Waals surface area contributed by atoms with Gasteiger partial charge in [-0.05, 0) is 17.7 Å². The molecule has 0 saturated heterocycles. The number of carbonyl (C=O) groups excluding carboxylic acids is 1. The van der Waals surface area contributed by atoms with Crippen LogP contribution in [0.5, 0.6) is 17.2 Å². The third kappa shape index (κ3) is 3.52. The van der Waals surface area contributed by atoms with Gasteiger partial charge < -0.3 is 29.2 Å². The van der Waals surface area contributed by atoms with E-state index in [1.54, 1.807) is 0 Å². The average molecular weight is 264 g/mol. The summed E-state index contributed by atoms with van der Waals surface area (Å²) < 4.78 is 15.1. The van der Waals surface area contributed by atoms with E-state index >= 15 is 0 Å². The second kappa shape index (κ2) is 7.48. The fraction of sp³-hybridized carbons (Fsp3) is 0.364. The van der Waals surface area contributed by atoms with Crippen LogP contribution in [0.3, 0.4) is 0 Å². The van der Waals surface area contributed by atoms with Crippen molar-refractivity contribution in [2.75, 3.05) is 21.3 Å². The fourth-order valence-corrected chi connectivity index (χ4v) is 1.40. The van der Waals surface area contributed by atoms with E-state index in [9.17, 15) is 15.0 Å². The number of benzene rings is 1. The summed E-state index contributed by atoms with van der Waals surface area (Å²) in [6, 6.07) is 2.70. The van der Waals surface area contributed by atoms with Crippen molar-refractivity contribution >= 4 is 5.97 Å². The van der Waals surface area contributed by atoms with Crippen molar-refractivity contribution in [2.24, 2.45) is 0 Å². The molecule has 0 amide bonds. The predicted octanol–water partition coefficient (Wildman–Crippen LogP) is -3.50. The van der Waals surface area contributed by atoms with Gasteiger partial charge in [-0.1, -0.05) is 0 Å². The molecule has 1 atom stereocenters. The smallest absolute Gasteiger partial charge is 0.547 e. The summed E-state index contributed by atoms with van der Waals surface area (Å²) >= 11 is 0. The molecule has 1 aromatic carbocycles. The number of ether oxygens (including phenoxy) is 3. The van der Waals surface area contributed by atoms with Gasteiger partial charge in [0.1, 0.15) is 6.10 Å². The van der Waals surface area contributed by atoms with E-state index in [-0.39, 0.29) is 46.6 Å². The van der Waals surface area contributed by atoms with Gasteiger partial charge in [0.2, 0.25) is 5.75 Å². The fourth-order valence-electron chi connectivity index (χ4n) is 1.40. The van der Waals surface area contributed by atoms with Gasteiger partial charge in [0.25, 0.3) is 0 Å². The molecule has 0 fully saturated rings. The predicted molar refractivity (Wildman–Crippen MR) is 56.1 cm³/mol. The minimum absolute atomic E-state index is 0. The molecule has 1 N–H and O–H groups in total. The van der Waals surface area contributed by atoms with Crippen molar-refractivity contribution in [3.8, 4) is 17.2 Å². The van der Waals surface area contributed by atoms with E-state index in [4.69, 9.17) is 14.2 Å². The Hall–Kier alpha value is -0.950. The molecule has 0 spiro atoms. The number of carbonyl (C=O) groups is 1. The summed E-state index contributed by atoms with van der Waals surface area (Å²) in [5.74, 6) is -0.743. The van der Waals surface area contributed by atoms with Crippen LogP contribution < -0.4 is 48.9 Å². The SMILES string of the molecule is COc1cc(C(O)C(=O)[O-])cc(OC)c1OC.[Na+]. The molecule has 0 aliphatic rings. The number of carboxylic acids is 1. The van der Waals surface area contributed by atoms with E-state index in [1.807, 2.05) is 0 Å². The number of hydrogen-bond acceptors (Lipinski definition) is 6. The van der Waals surface area contributed by atoms with Crippen LogP contribution in [0.4, 0.5) is 0 Å². The maximum Gasteiger partial charge on any atom is 1.00 e. The summed E-state index contributed by atoms with van der Waals surface area (Å²) in [5, 5.41) is 20.0. The zero-order valence-electron chi connectivity index (χ0n) is 10.7. The van der Waals surface area contributed by atoms with Crippen LogP contribution in [0.15, 0.2) is 12.1 Å². The zero-order valence-corrected chi connectivity index (χ0v) is 12.7. The third-order valence-electron chi connectivity index (χ3n) is 2.23. The first-order valence-corrected chi connectivity index (χ1v) is 4.74. The van der Waals surface area contributed by atoms with Crippen LogP contribution in [-0.4, -0.2) is 32.4 Å². The van der Waals surface area contributed by atoms with Crippen LogP contribution in [0.2, 0.25) is 0 Å². The first kappa shape index (κ1) is 17.1. The molecule has 1 aromatic rings. The third-order valence-corrected chi connectivity index (χ3v) is 2.23. The van der Waals surface area contributed by atoms with Crippen molar-refractivity contribution in [3.63, 3.8) is 0 Å². The van der Waals surface area contributed by atoms with Gasteiger partial charge in [-0.15, -0.1) is 0 Å². The van der Waals surface area contributed by atoms with E-state index in [0.29, 0.717) is 5.75 Å². The van der Waals surface area contributed by atoms with Crippen LogP contribution in [0.1, 0.15) is 11.7 Å². The molecule has 0 bridgehead atoms. The van der Waals surface area contributed by atoms with Crippen LogP contribution >= 0.6 is 0 Å². The van der Waals surface area contributed by atoms with Crippen LogP contribution in [0, 0.1) is 0 Å².